The zero-order chi connectivity index (χ0) is 14.9. The molecule has 0 bridgehead atoms. The van der Waals surface area contributed by atoms with E-state index in [-0.39, 0.29) is 11.5 Å². The van der Waals surface area contributed by atoms with Gasteiger partial charge < -0.3 is 9.84 Å². The van der Waals surface area contributed by atoms with Gasteiger partial charge in [-0.2, -0.15) is 11.8 Å². The molecule has 2 unspecified atom stereocenters. The third kappa shape index (κ3) is 3.43. The van der Waals surface area contributed by atoms with E-state index in [2.05, 4.69) is 46.9 Å². The monoisotopic (exact) mass is 418 g/mol. The Labute approximate surface area is 145 Å². The Bertz CT molecular complexity index is 475. The number of hydrogen-bond donors (Lipinski definition) is 1. The molecule has 1 aromatic rings. The highest BCUT2D eigenvalue weighted by molar-refractivity contribution is 14.1. The molecule has 3 rings (SSSR count). The molecule has 2 nitrogen and oxygen atoms in total. The molecule has 2 heterocycles. The van der Waals surface area contributed by atoms with E-state index in [1.807, 2.05) is 18.7 Å². The molecule has 1 N–H and O–H groups in total. The lowest BCUT2D eigenvalue weighted by Gasteiger charge is -2.47. The molecule has 0 aromatic heterocycles. The van der Waals surface area contributed by atoms with Crippen molar-refractivity contribution in [2.75, 3.05) is 18.1 Å². The number of thioether (sulfide) groups is 1. The van der Waals surface area contributed by atoms with Crippen molar-refractivity contribution in [1.82, 2.24) is 0 Å². The van der Waals surface area contributed by atoms with Crippen molar-refractivity contribution in [1.29, 1.82) is 0 Å². The lowest BCUT2D eigenvalue weighted by Crippen LogP contribution is -2.47. The highest BCUT2D eigenvalue weighted by Crippen LogP contribution is 2.45. The van der Waals surface area contributed by atoms with Gasteiger partial charge in [-0.25, -0.2) is 0 Å². The lowest BCUT2D eigenvalue weighted by molar-refractivity contribution is -0.144. The molecule has 1 spiro atoms. The largest absolute Gasteiger partial charge is 0.385 e. The third-order valence-corrected chi connectivity index (χ3v) is 6.83. The Hall–Kier alpha value is 0.220. The van der Waals surface area contributed by atoms with E-state index in [1.54, 1.807) is 0 Å². The maximum Gasteiger partial charge on any atom is 0.0898 e. The molecular formula is C17H23IO2S. The zero-order valence-corrected chi connectivity index (χ0v) is 15.5. The number of ether oxygens (including phenoxy) is 1. The number of halogens is 1. The molecule has 21 heavy (non-hydrogen) atoms. The molecule has 116 valence electrons. The first kappa shape index (κ1) is 16.1. The topological polar surface area (TPSA) is 29.5 Å². The maximum absolute atomic E-state index is 11.2. The highest BCUT2D eigenvalue weighted by Gasteiger charge is 2.45. The molecule has 0 aliphatic carbocycles. The second-order valence-electron chi connectivity index (χ2n) is 6.49. The average Bonchev–Trinajstić information content (AvgIpc) is 2.48. The summed E-state index contributed by atoms with van der Waals surface area (Å²) in [6.45, 7) is 2.77. The normalized spacial score (nSPS) is 28.2. The summed E-state index contributed by atoms with van der Waals surface area (Å²) >= 11 is 4.33. The van der Waals surface area contributed by atoms with Crippen LogP contribution in [0.15, 0.2) is 24.3 Å². The van der Waals surface area contributed by atoms with Gasteiger partial charge in [-0.15, -0.1) is 0 Å². The summed E-state index contributed by atoms with van der Waals surface area (Å²) in [6, 6.07) is 8.30. The fraction of sp³-hybridized carbons (Fsp3) is 0.647. The van der Waals surface area contributed by atoms with Gasteiger partial charge in [0.05, 0.1) is 11.2 Å². The SMILES string of the molecule is CC(O)(c1ccc(I)cc1)C1CCOC2(CCSCC2)C1. The summed E-state index contributed by atoms with van der Waals surface area (Å²) in [6.07, 6.45) is 4.22. The Morgan fingerprint density at radius 1 is 1.29 bits per heavy atom. The number of benzene rings is 1. The van der Waals surface area contributed by atoms with Crippen LogP contribution in [0.3, 0.4) is 0 Å². The van der Waals surface area contributed by atoms with Crippen LogP contribution in [0.1, 0.15) is 38.2 Å². The van der Waals surface area contributed by atoms with Crippen molar-refractivity contribution >= 4 is 34.4 Å². The second-order valence-corrected chi connectivity index (χ2v) is 8.96. The van der Waals surface area contributed by atoms with Gasteiger partial charge >= 0.3 is 0 Å². The van der Waals surface area contributed by atoms with Crippen LogP contribution in [-0.2, 0) is 10.3 Å². The average molecular weight is 418 g/mol. The molecule has 2 saturated heterocycles. The van der Waals surface area contributed by atoms with Crippen LogP contribution < -0.4 is 0 Å². The van der Waals surface area contributed by atoms with Crippen LogP contribution in [0.25, 0.3) is 0 Å². The number of aliphatic hydroxyl groups is 1. The fourth-order valence-electron chi connectivity index (χ4n) is 3.62. The van der Waals surface area contributed by atoms with E-state index in [0.717, 1.165) is 37.9 Å². The molecule has 0 radical (unpaired) electrons. The number of rotatable bonds is 2. The summed E-state index contributed by atoms with van der Waals surface area (Å²) in [4.78, 5) is 0. The van der Waals surface area contributed by atoms with Crippen LogP contribution in [0.4, 0.5) is 0 Å². The molecule has 2 aliphatic rings. The Balaban J connectivity index is 1.79. The van der Waals surface area contributed by atoms with E-state index in [1.165, 1.54) is 15.1 Å². The van der Waals surface area contributed by atoms with Crippen LogP contribution in [0.2, 0.25) is 0 Å². The van der Waals surface area contributed by atoms with E-state index in [4.69, 9.17) is 4.74 Å². The first-order valence-electron chi connectivity index (χ1n) is 7.72. The van der Waals surface area contributed by atoms with Gasteiger partial charge in [-0.1, -0.05) is 12.1 Å². The van der Waals surface area contributed by atoms with Crippen LogP contribution in [0, 0.1) is 9.49 Å². The van der Waals surface area contributed by atoms with Crippen molar-refractivity contribution in [2.45, 2.75) is 43.8 Å². The summed E-state index contributed by atoms with van der Waals surface area (Å²) in [5, 5.41) is 11.2. The molecule has 4 heteroatoms. The Kier molecular flexibility index (Phi) is 4.89. The van der Waals surface area contributed by atoms with Gasteiger partial charge in [-0.05, 0) is 90.3 Å². The first-order valence-corrected chi connectivity index (χ1v) is 9.95. The summed E-state index contributed by atoms with van der Waals surface area (Å²) < 4.78 is 7.37. The number of hydrogen-bond acceptors (Lipinski definition) is 3. The third-order valence-electron chi connectivity index (χ3n) is 5.12. The second kappa shape index (κ2) is 6.38. The minimum Gasteiger partial charge on any atom is -0.385 e. The minimum atomic E-state index is -0.758. The van der Waals surface area contributed by atoms with Gasteiger partial charge in [-0.3, -0.25) is 0 Å². The van der Waals surface area contributed by atoms with Crippen molar-refractivity contribution in [3.63, 3.8) is 0 Å². The Morgan fingerprint density at radius 2 is 1.95 bits per heavy atom. The molecule has 2 fully saturated rings. The van der Waals surface area contributed by atoms with E-state index in [0.29, 0.717) is 0 Å². The summed E-state index contributed by atoms with van der Waals surface area (Å²) in [5.74, 6) is 2.67. The Morgan fingerprint density at radius 3 is 2.62 bits per heavy atom. The van der Waals surface area contributed by atoms with Gasteiger partial charge in [0, 0.05) is 10.2 Å². The van der Waals surface area contributed by atoms with Crippen LogP contribution in [0.5, 0.6) is 0 Å². The summed E-state index contributed by atoms with van der Waals surface area (Å²) in [5.41, 5.74) is 0.308. The standard InChI is InChI=1S/C17H23IO2S/c1-16(19,13-2-4-15(18)5-3-13)14-6-9-20-17(12-14)7-10-21-11-8-17/h2-5,14,19H,6-12H2,1H3. The molecule has 2 atom stereocenters. The maximum atomic E-state index is 11.2. The predicted octanol–water partition coefficient (Wildman–Crippen LogP) is 4.19. The smallest absolute Gasteiger partial charge is 0.0898 e. The van der Waals surface area contributed by atoms with Crippen molar-refractivity contribution in [2.24, 2.45) is 5.92 Å². The molecule has 2 aliphatic heterocycles. The fourth-order valence-corrected chi connectivity index (χ4v) is 5.22. The molecule has 0 saturated carbocycles. The molecule has 0 amide bonds. The van der Waals surface area contributed by atoms with Gasteiger partial charge in [0.1, 0.15) is 0 Å². The first-order chi connectivity index (χ1) is 10.0. The van der Waals surface area contributed by atoms with Crippen molar-refractivity contribution in [3.8, 4) is 0 Å². The van der Waals surface area contributed by atoms with Crippen molar-refractivity contribution in [3.05, 3.63) is 33.4 Å². The van der Waals surface area contributed by atoms with E-state index in [9.17, 15) is 5.11 Å². The van der Waals surface area contributed by atoms with E-state index >= 15 is 0 Å². The van der Waals surface area contributed by atoms with Crippen LogP contribution >= 0.6 is 34.4 Å². The van der Waals surface area contributed by atoms with Gasteiger partial charge in [0.15, 0.2) is 0 Å². The lowest BCUT2D eigenvalue weighted by atomic mass is 9.72. The zero-order valence-electron chi connectivity index (χ0n) is 12.5. The highest BCUT2D eigenvalue weighted by atomic mass is 127. The van der Waals surface area contributed by atoms with Gasteiger partial charge in [0.25, 0.3) is 0 Å². The van der Waals surface area contributed by atoms with Crippen molar-refractivity contribution < 1.29 is 9.84 Å². The molecular weight excluding hydrogens is 395 g/mol. The summed E-state index contributed by atoms with van der Waals surface area (Å²) in [7, 11) is 0. The van der Waals surface area contributed by atoms with Crippen LogP contribution in [-0.4, -0.2) is 28.8 Å². The molecule has 1 aromatic carbocycles. The minimum absolute atomic E-state index is 0.0291. The van der Waals surface area contributed by atoms with E-state index < -0.39 is 5.60 Å². The predicted molar refractivity (Wildman–Crippen MR) is 96.7 cm³/mol. The quantitative estimate of drug-likeness (QED) is 0.731. The van der Waals surface area contributed by atoms with Gasteiger partial charge in [0.2, 0.25) is 0 Å².